The summed E-state index contributed by atoms with van der Waals surface area (Å²) >= 11 is 0. The highest BCUT2D eigenvalue weighted by Gasteiger charge is 2.24. The Labute approximate surface area is 154 Å². The minimum absolute atomic E-state index is 0.0171. The quantitative estimate of drug-likeness (QED) is 0.453. The second-order valence-corrected chi connectivity index (χ2v) is 5.30. The third kappa shape index (κ3) is 4.06. The monoisotopic (exact) mass is 371 g/mol. The van der Waals surface area contributed by atoms with Crippen molar-refractivity contribution in [2.24, 2.45) is 0 Å². The number of nitrogens with one attached hydrogen (secondary N) is 2. The molecule has 10 nitrogen and oxygen atoms in total. The number of anilines is 3. The molecule has 2 aromatic heterocycles. The third-order valence-electron chi connectivity index (χ3n) is 3.67. The Morgan fingerprint density at radius 2 is 2.00 bits per heavy atom. The number of nitro groups is 1. The lowest BCUT2D eigenvalue weighted by atomic mass is 10.2. The molecule has 2 N–H and O–H groups in total. The van der Waals surface area contributed by atoms with Crippen LogP contribution in [0.3, 0.4) is 0 Å². The zero-order valence-electron chi connectivity index (χ0n) is 14.6. The van der Waals surface area contributed by atoms with E-state index in [1.807, 2.05) is 0 Å². The summed E-state index contributed by atoms with van der Waals surface area (Å²) in [4.78, 5) is 19.1. The molecule has 0 spiro atoms. The Bertz CT molecular complexity index is 929. The molecule has 27 heavy (non-hydrogen) atoms. The lowest BCUT2D eigenvalue weighted by molar-refractivity contribution is -0.383. The lowest BCUT2D eigenvalue weighted by Crippen LogP contribution is -2.08. The van der Waals surface area contributed by atoms with Crippen molar-refractivity contribution in [3.8, 4) is 11.5 Å². The van der Waals surface area contributed by atoms with Crippen LogP contribution >= 0.6 is 0 Å². The number of benzene rings is 1. The number of methoxy groups -OCH3 is 2. The third-order valence-corrected chi connectivity index (χ3v) is 3.67. The van der Waals surface area contributed by atoms with Gasteiger partial charge in [-0.2, -0.15) is 0 Å². The Hall–Kier alpha value is -3.82. The van der Waals surface area contributed by atoms with Crippen LogP contribution in [0.2, 0.25) is 0 Å². The molecule has 0 aliphatic carbocycles. The van der Waals surface area contributed by atoms with Gasteiger partial charge in [0.1, 0.15) is 23.6 Å². The Kier molecular flexibility index (Phi) is 5.36. The first-order valence-corrected chi connectivity index (χ1v) is 7.87. The van der Waals surface area contributed by atoms with Crippen molar-refractivity contribution in [2.45, 2.75) is 6.54 Å². The van der Waals surface area contributed by atoms with E-state index in [9.17, 15) is 10.1 Å². The van der Waals surface area contributed by atoms with Crippen LogP contribution in [0.15, 0.2) is 47.3 Å². The van der Waals surface area contributed by atoms with Gasteiger partial charge >= 0.3 is 5.69 Å². The summed E-state index contributed by atoms with van der Waals surface area (Å²) in [5.41, 5.74) is 0.171. The molecule has 0 unspecified atom stereocenters. The van der Waals surface area contributed by atoms with Gasteiger partial charge in [0.2, 0.25) is 11.6 Å². The fraction of sp³-hybridized carbons (Fsp3) is 0.176. The van der Waals surface area contributed by atoms with Gasteiger partial charge in [-0.05, 0) is 24.3 Å². The van der Waals surface area contributed by atoms with E-state index < -0.39 is 4.92 Å². The van der Waals surface area contributed by atoms with Crippen LogP contribution < -0.4 is 20.1 Å². The van der Waals surface area contributed by atoms with Crippen molar-refractivity contribution >= 4 is 23.0 Å². The molecule has 0 radical (unpaired) electrons. The molecule has 3 aromatic rings. The molecule has 0 fully saturated rings. The molecule has 0 bridgehead atoms. The van der Waals surface area contributed by atoms with Gasteiger partial charge in [0.25, 0.3) is 0 Å². The zero-order valence-corrected chi connectivity index (χ0v) is 14.6. The van der Waals surface area contributed by atoms with Crippen molar-refractivity contribution in [3.63, 3.8) is 0 Å². The first-order valence-electron chi connectivity index (χ1n) is 7.87. The van der Waals surface area contributed by atoms with E-state index in [1.165, 1.54) is 26.8 Å². The largest absolute Gasteiger partial charge is 0.497 e. The van der Waals surface area contributed by atoms with Crippen LogP contribution in [-0.2, 0) is 6.54 Å². The molecule has 1 aromatic carbocycles. The smallest absolute Gasteiger partial charge is 0.353 e. The van der Waals surface area contributed by atoms with Gasteiger partial charge in [-0.1, -0.05) is 0 Å². The van der Waals surface area contributed by atoms with E-state index in [0.29, 0.717) is 22.9 Å². The fourth-order valence-corrected chi connectivity index (χ4v) is 2.40. The Morgan fingerprint density at radius 1 is 1.19 bits per heavy atom. The van der Waals surface area contributed by atoms with Gasteiger partial charge < -0.3 is 24.5 Å². The first-order chi connectivity index (χ1) is 13.1. The number of hydrogen-bond donors (Lipinski definition) is 2. The normalized spacial score (nSPS) is 10.3. The van der Waals surface area contributed by atoms with Gasteiger partial charge in [0, 0.05) is 6.07 Å². The highest BCUT2D eigenvalue weighted by Crippen LogP contribution is 2.36. The van der Waals surface area contributed by atoms with Crippen LogP contribution in [-0.4, -0.2) is 29.1 Å². The molecular formula is C17H17N5O5. The van der Waals surface area contributed by atoms with Gasteiger partial charge in [0.15, 0.2) is 0 Å². The van der Waals surface area contributed by atoms with Crippen molar-refractivity contribution in [1.82, 2.24) is 9.97 Å². The molecule has 0 saturated carbocycles. The van der Waals surface area contributed by atoms with Crippen LogP contribution in [0.4, 0.5) is 23.0 Å². The van der Waals surface area contributed by atoms with E-state index in [2.05, 4.69) is 20.6 Å². The number of ether oxygens (including phenoxy) is 2. The Morgan fingerprint density at radius 3 is 2.67 bits per heavy atom. The average molecular weight is 371 g/mol. The summed E-state index contributed by atoms with van der Waals surface area (Å²) in [5.74, 6) is 1.74. The SMILES string of the molecule is COc1ccc(OC)c(Nc2ncnc(NCc3ccco3)c2[N+](=O)[O-])c1. The van der Waals surface area contributed by atoms with E-state index in [4.69, 9.17) is 13.9 Å². The van der Waals surface area contributed by atoms with Crippen LogP contribution in [0.5, 0.6) is 11.5 Å². The van der Waals surface area contributed by atoms with Crippen molar-refractivity contribution < 1.29 is 18.8 Å². The molecule has 0 aliphatic heterocycles. The Balaban J connectivity index is 1.93. The maximum Gasteiger partial charge on any atom is 0.353 e. The van der Waals surface area contributed by atoms with E-state index in [0.717, 1.165) is 0 Å². The predicted molar refractivity (Wildman–Crippen MR) is 97.5 cm³/mol. The number of nitrogens with zero attached hydrogens (tertiary/aromatic N) is 3. The summed E-state index contributed by atoms with van der Waals surface area (Å²) in [6.45, 7) is 0.243. The second-order valence-electron chi connectivity index (χ2n) is 5.30. The highest BCUT2D eigenvalue weighted by atomic mass is 16.6. The average Bonchev–Trinajstić information content (AvgIpc) is 3.19. The zero-order chi connectivity index (χ0) is 19.2. The van der Waals surface area contributed by atoms with Crippen LogP contribution in [0, 0.1) is 10.1 Å². The number of rotatable bonds is 8. The maximum atomic E-state index is 11.6. The molecule has 10 heteroatoms. The van der Waals surface area contributed by atoms with E-state index >= 15 is 0 Å². The van der Waals surface area contributed by atoms with Crippen molar-refractivity contribution in [3.05, 3.63) is 58.8 Å². The molecule has 0 amide bonds. The van der Waals surface area contributed by atoms with Crippen molar-refractivity contribution in [1.29, 1.82) is 0 Å². The van der Waals surface area contributed by atoms with Gasteiger partial charge in [-0.25, -0.2) is 9.97 Å². The first kappa shape index (κ1) is 18.0. The summed E-state index contributed by atoms with van der Waals surface area (Å²) < 4.78 is 15.7. The summed E-state index contributed by atoms with van der Waals surface area (Å²) in [5, 5.41) is 17.5. The molecule has 0 saturated heterocycles. The minimum atomic E-state index is -0.556. The highest BCUT2D eigenvalue weighted by molar-refractivity contribution is 5.76. The standard InChI is InChI=1S/C17H17N5O5/c1-25-11-5-6-14(26-2)13(8-11)21-17-15(22(23)24)16(19-10-20-17)18-9-12-4-3-7-27-12/h3-8,10H,9H2,1-2H3,(H2,18,19,20,21). The number of hydrogen-bond acceptors (Lipinski definition) is 9. The second kappa shape index (κ2) is 8.04. The van der Waals surface area contributed by atoms with E-state index in [1.54, 1.807) is 30.3 Å². The van der Waals surface area contributed by atoms with Crippen molar-refractivity contribution in [2.75, 3.05) is 24.9 Å². The molecule has 0 atom stereocenters. The summed E-state index contributed by atoms with van der Waals surface area (Å²) in [7, 11) is 3.02. The minimum Gasteiger partial charge on any atom is -0.497 e. The maximum absolute atomic E-state index is 11.6. The van der Waals surface area contributed by atoms with Crippen LogP contribution in [0.25, 0.3) is 0 Å². The molecule has 0 aliphatic rings. The predicted octanol–water partition coefficient (Wildman–Crippen LogP) is 3.35. The number of aromatic nitrogens is 2. The number of furan rings is 1. The fourth-order valence-electron chi connectivity index (χ4n) is 2.40. The lowest BCUT2D eigenvalue weighted by Gasteiger charge is -2.13. The topological polar surface area (TPSA) is 125 Å². The molecule has 2 heterocycles. The van der Waals surface area contributed by atoms with Gasteiger partial charge in [-0.3, -0.25) is 10.1 Å². The van der Waals surface area contributed by atoms with Gasteiger partial charge in [0.05, 0.1) is 37.6 Å². The van der Waals surface area contributed by atoms with E-state index in [-0.39, 0.29) is 23.9 Å². The van der Waals surface area contributed by atoms with Gasteiger partial charge in [-0.15, -0.1) is 0 Å². The summed E-state index contributed by atoms with van der Waals surface area (Å²) in [6.07, 6.45) is 2.75. The molecular weight excluding hydrogens is 354 g/mol. The molecule has 140 valence electrons. The molecule has 3 rings (SSSR count). The summed E-state index contributed by atoms with van der Waals surface area (Å²) in [6, 6.07) is 8.54. The van der Waals surface area contributed by atoms with Crippen LogP contribution in [0.1, 0.15) is 5.76 Å².